The van der Waals surface area contributed by atoms with Gasteiger partial charge in [0.05, 0.1) is 0 Å². The maximum atomic E-state index is 13.1. The molecule has 0 aliphatic rings. The van der Waals surface area contributed by atoms with Gasteiger partial charge in [-0.1, -0.05) is 46.7 Å². The number of azide groups is 1. The molecule has 4 unspecified atom stereocenters. The molecule has 0 bridgehead atoms. The molecule has 11 nitrogen and oxygen atoms in total. The summed E-state index contributed by atoms with van der Waals surface area (Å²) in [6, 6.07) is 0. The fourth-order valence-corrected chi connectivity index (χ4v) is 3.97. The minimum absolute atomic E-state index is 0.187. The zero-order valence-corrected chi connectivity index (χ0v) is 21.6. The molecule has 0 rings (SSSR count). The number of unbranched alkanes of at least 4 members (excludes halogenated alkanes) is 2. The van der Waals surface area contributed by atoms with Gasteiger partial charge in [0.2, 0.25) is 17.7 Å². The molecule has 0 saturated carbocycles. The number of hydrogen-bond donors (Lipinski definition) is 5. The van der Waals surface area contributed by atoms with E-state index in [1.54, 1.807) is 0 Å². The van der Waals surface area contributed by atoms with Gasteiger partial charge in [0, 0.05) is 35.8 Å². The monoisotopic (exact) mass is 483 g/mol. The number of carbonyl (C=O) groups is 3. The van der Waals surface area contributed by atoms with E-state index in [-0.39, 0.29) is 36.1 Å². The van der Waals surface area contributed by atoms with Crippen LogP contribution in [0.2, 0.25) is 0 Å². The van der Waals surface area contributed by atoms with Crippen LogP contribution in [0.4, 0.5) is 0 Å². The first-order chi connectivity index (χ1) is 15.6. The third kappa shape index (κ3) is 12.8. The van der Waals surface area contributed by atoms with Crippen LogP contribution in [0.15, 0.2) is 5.11 Å². The number of nitrogens with two attached hydrogens (primary N) is 2. The van der Waals surface area contributed by atoms with Crippen LogP contribution < -0.4 is 22.1 Å². The molecular formula is C23H45N7O4. The van der Waals surface area contributed by atoms with Crippen LogP contribution in [0.3, 0.4) is 0 Å². The third-order valence-electron chi connectivity index (χ3n) is 6.10. The van der Waals surface area contributed by atoms with Crippen molar-refractivity contribution in [1.29, 1.82) is 0 Å². The molecule has 0 aromatic carbocycles. The van der Waals surface area contributed by atoms with Crippen molar-refractivity contribution >= 4 is 17.7 Å². The Hall–Kier alpha value is -2.36. The van der Waals surface area contributed by atoms with Crippen LogP contribution >= 0.6 is 0 Å². The van der Waals surface area contributed by atoms with Crippen molar-refractivity contribution in [3.8, 4) is 0 Å². The second kappa shape index (κ2) is 14.8. The zero-order chi connectivity index (χ0) is 26.5. The highest BCUT2D eigenvalue weighted by Gasteiger charge is 2.38. The normalized spacial score (nSPS) is 15.4. The largest absolute Gasteiger partial charge is 0.379 e. The van der Waals surface area contributed by atoms with Crippen molar-refractivity contribution in [1.82, 2.24) is 10.6 Å². The number of nitrogens with zero attached hydrogens (tertiary/aromatic N) is 3. The second-order valence-electron chi connectivity index (χ2n) is 11.0. The van der Waals surface area contributed by atoms with Gasteiger partial charge in [0.15, 0.2) is 0 Å². The van der Waals surface area contributed by atoms with E-state index in [9.17, 15) is 19.5 Å². The highest BCUT2D eigenvalue weighted by Crippen LogP contribution is 2.38. The molecule has 0 radical (unpaired) electrons. The highest BCUT2D eigenvalue weighted by atomic mass is 16.3. The Balaban J connectivity index is 5.02. The second-order valence-corrected chi connectivity index (χ2v) is 11.0. The number of rotatable bonds is 15. The zero-order valence-electron chi connectivity index (χ0n) is 21.6. The van der Waals surface area contributed by atoms with E-state index >= 15 is 0 Å². The number of amides is 3. The van der Waals surface area contributed by atoms with Crippen molar-refractivity contribution in [3.63, 3.8) is 0 Å². The highest BCUT2D eigenvalue weighted by molar-refractivity contribution is 5.81. The lowest BCUT2D eigenvalue weighted by atomic mass is 9.70. The predicted octanol–water partition coefficient (Wildman–Crippen LogP) is 2.18. The van der Waals surface area contributed by atoms with Gasteiger partial charge in [0.1, 0.15) is 12.8 Å². The molecule has 3 amide bonds. The van der Waals surface area contributed by atoms with Crippen LogP contribution in [0.25, 0.3) is 10.4 Å². The number of primary amides is 1. The molecule has 196 valence electrons. The first kappa shape index (κ1) is 31.6. The van der Waals surface area contributed by atoms with Gasteiger partial charge in [-0.05, 0) is 48.5 Å². The van der Waals surface area contributed by atoms with Gasteiger partial charge in [-0.25, -0.2) is 0 Å². The van der Waals surface area contributed by atoms with Crippen molar-refractivity contribution in [2.24, 2.45) is 45.2 Å². The summed E-state index contributed by atoms with van der Waals surface area (Å²) in [5, 5.41) is 19.0. The molecule has 0 aromatic heterocycles. The Morgan fingerprint density at radius 3 is 1.97 bits per heavy atom. The maximum absolute atomic E-state index is 13.1. The van der Waals surface area contributed by atoms with E-state index < -0.39 is 29.4 Å². The standard InChI is InChI=1S/C23H45N7O4/c1-22(2,3)16(19(24)32)12-15(13-17(20(25)33)23(4,5)6)21(34)28-11-9-7-8-10-27-18(31)14-29-30-26/h15-17,19,32H,7-14,24H2,1-6H3,(H2,25,33)(H,27,31)(H,28,34). The third-order valence-corrected chi connectivity index (χ3v) is 6.10. The predicted molar refractivity (Wildman–Crippen MR) is 132 cm³/mol. The van der Waals surface area contributed by atoms with E-state index in [0.717, 1.165) is 12.8 Å². The van der Waals surface area contributed by atoms with E-state index in [0.29, 0.717) is 25.9 Å². The summed E-state index contributed by atoms with van der Waals surface area (Å²) < 4.78 is 0. The number of nitrogens with one attached hydrogen (secondary N) is 2. The molecule has 0 fully saturated rings. The van der Waals surface area contributed by atoms with E-state index in [1.165, 1.54) is 0 Å². The number of aliphatic hydroxyl groups is 1. The van der Waals surface area contributed by atoms with Gasteiger partial charge in [-0.2, -0.15) is 0 Å². The van der Waals surface area contributed by atoms with Crippen LogP contribution in [0.1, 0.15) is 73.6 Å². The Bertz CT molecular complexity index is 707. The average Bonchev–Trinajstić information content (AvgIpc) is 2.68. The van der Waals surface area contributed by atoms with Gasteiger partial charge >= 0.3 is 0 Å². The lowest BCUT2D eigenvalue weighted by Gasteiger charge is -2.37. The molecule has 0 spiro atoms. The molecule has 11 heteroatoms. The van der Waals surface area contributed by atoms with E-state index in [4.69, 9.17) is 17.0 Å². The number of hydrogen-bond acceptors (Lipinski definition) is 6. The summed E-state index contributed by atoms with van der Waals surface area (Å²) in [6.07, 6.45) is 1.74. The smallest absolute Gasteiger partial charge is 0.225 e. The molecule has 4 atom stereocenters. The molecule has 34 heavy (non-hydrogen) atoms. The number of aliphatic hydroxyl groups excluding tert-OH is 1. The van der Waals surface area contributed by atoms with Crippen LogP contribution in [0, 0.1) is 28.6 Å². The summed E-state index contributed by atoms with van der Waals surface area (Å²) in [6.45, 7) is 12.3. The first-order valence-corrected chi connectivity index (χ1v) is 11.9. The van der Waals surface area contributed by atoms with Crippen LogP contribution in [-0.2, 0) is 14.4 Å². The van der Waals surface area contributed by atoms with Crippen LogP contribution in [0.5, 0.6) is 0 Å². The Kier molecular flexibility index (Phi) is 13.8. The summed E-state index contributed by atoms with van der Waals surface area (Å²) in [5.41, 5.74) is 19.0. The topological polar surface area (TPSA) is 196 Å². The van der Waals surface area contributed by atoms with Gasteiger partial charge < -0.3 is 27.2 Å². The van der Waals surface area contributed by atoms with Gasteiger partial charge in [-0.15, -0.1) is 0 Å². The lowest BCUT2D eigenvalue weighted by Crippen LogP contribution is -2.44. The van der Waals surface area contributed by atoms with Crippen molar-refractivity contribution in [2.75, 3.05) is 19.6 Å². The lowest BCUT2D eigenvalue weighted by molar-refractivity contribution is -0.130. The molecule has 0 aliphatic carbocycles. The van der Waals surface area contributed by atoms with Crippen molar-refractivity contribution in [2.45, 2.75) is 79.9 Å². The van der Waals surface area contributed by atoms with Crippen LogP contribution in [-0.4, -0.2) is 48.7 Å². The Labute approximate surface area is 203 Å². The van der Waals surface area contributed by atoms with Gasteiger partial charge in [0.25, 0.3) is 0 Å². The minimum Gasteiger partial charge on any atom is -0.379 e. The fourth-order valence-electron chi connectivity index (χ4n) is 3.97. The quantitative estimate of drug-likeness (QED) is 0.0780. The molecule has 0 saturated heterocycles. The van der Waals surface area contributed by atoms with Crippen molar-refractivity contribution < 1.29 is 19.5 Å². The molecule has 0 aromatic rings. The number of carbonyl (C=O) groups excluding carboxylic acids is 3. The molecule has 0 aliphatic heterocycles. The Morgan fingerprint density at radius 1 is 0.971 bits per heavy atom. The van der Waals surface area contributed by atoms with E-state index in [1.807, 2.05) is 41.5 Å². The Morgan fingerprint density at radius 2 is 1.53 bits per heavy atom. The summed E-state index contributed by atoms with van der Waals surface area (Å²) in [4.78, 5) is 39.2. The first-order valence-electron chi connectivity index (χ1n) is 11.9. The van der Waals surface area contributed by atoms with Crippen molar-refractivity contribution in [3.05, 3.63) is 10.4 Å². The molecular weight excluding hydrogens is 438 g/mol. The van der Waals surface area contributed by atoms with Gasteiger partial charge in [-0.3, -0.25) is 14.4 Å². The summed E-state index contributed by atoms with van der Waals surface area (Å²) in [5.74, 6) is -2.34. The SMILES string of the molecule is CC(C)(C)C(CC(CC(C(N)O)C(C)(C)C)C(=O)NCCCCCNC(=O)CN=[N+]=[N-])C(N)=O. The minimum atomic E-state index is -1.09. The van der Waals surface area contributed by atoms with E-state index in [2.05, 4.69) is 20.7 Å². The fraction of sp³-hybridized carbons (Fsp3) is 0.870. The summed E-state index contributed by atoms with van der Waals surface area (Å²) >= 11 is 0. The molecule has 0 heterocycles. The molecule has 7 N–H and O–H groups in total. The maximum Gasteiger partial charge on any atom is 0.225 e. The average molecular weight is 484 g/mol. The summed E-state index contributed by atoms with van der Waals surface area (Å²) in [7, 11) is 0.